The van der Waals surface area contributed by atoms with Crippen molar-refractivity contribution in [2.75, 3.05) is 13.2 Å². The summed E-state index contributed by atoms with van der Waals surface area (Å²) in [6, 6.07) is 7.00. The van der Waals surface area contributed by atoms with Crippen molar-refractivity contribution in [3.8, 4) is 5.75 Å². The Labute approximate surface area is 188 Å². The molecule has 170 valence electrons. The van der Waals surface area contributed by atoms with Gasteiger partial charge in [0.15, 0.2) is 5.84 Å². The SMILES string of the molecule is CCOC(=O)c1ccc(C(=N)/C=C\C(=N)N=C(N)C(F)(F)c2ccc(OCC)c(C)c2)s1. The molecule has 2 rings (SSSR count). The van der Waals surface area contributed by atoms with Crippen LogP contribution in [0.2, 0.25) is 0 Å². The van der Waals surface area contributed by atoms with Crippen molar-refractivity contribution < 1.29 is 23.0 Å². The van der Waals surface area contributed by atoms with Gasteiger partial charge in [0.05, 0.1) is 23.8 Å². The highest BCUT2D eigenvalue weighted by molar-refractivity contribution is 7.16. The first kappa shape index (κ1) is 24.9. The molecule has 0 spiro atoms. The number of rotatable bonds is 9. The summed E-state index contributed by atoms with van der Waals surface area (Å²) in [7, 11) is 0. The minimum atomic E-state index is -3.59. The lowest BCUT2D eigenvalue weighted by Gasteiger charge is -2.17. The lowest BCUT2D eigenvalue weighted by Crippen LogP contribution is -2.34. The van der Waals surface area contributed by atoms with Crippen molar-refractivity contribution in [2.24, 2.45) is 10.7 Å². The van der Waals surface area contributed by atoms with Gasteiger partial charge < -0.3 is 15.2 Å². The third-order valence-electron chi connectivity index (χ3n) is 4.16. The van der Waals surface area contributed by atoms with Crippen LogP contribution in [0.25, 0.3) is 0 Å². The number of aliphatic imine (C=N–C) groups is 1. The number of nitrogens with zero attached hydrogens (tertiary/aromatic N) is 1. The van der Waals surface area contributed by atoms with Gasteiger partial charge in [-0.25, -0.2) is 9.79 Å². The number of nitrogens with two attached hydrogens (primary N) is 1. The number of carbonyl (C=O) groups is 1. The number of nitrogens with one attached hydrogen (secondary N) is 2. The van der Waals surface area contributed by atoms with Gasteiger partial charge >= 0.3 is 11.9 Å². The van der Waals surface area contributed by atoms with Gasteiger partial charge in [0, 0.05) is 5.56 Å². The van der Waals surface area contributed by atoms with Crippen LogP contribution in [0.15, 0.2) is 47.5 Å². The van der Waals surface area contributed by atoms with E-state index in [2.05, 4.69) is 4.99 Å². The molecule has 0 aliphatic rings. The molecule has 32 heavy (non-hydrogen) atoms. The third-order valence-corrected chi connectivity index (χ3v) is 5.25. The number of amidine groups is 2. The number of carbonyl (C=O) groups excluding carboxylic acids is 1. The van der Waals surface area contributed by atoms with E-state index in [0.717, 1.165) is 17.4 Å². The summed E-state index contributed by atoms with van der Waals surface area (Å²) < 4.78 is 39.7. The van der Waals surface area contributed by atoms with E-state index in [1.807, 2.05) is 0 Å². The van der Waals surface area contributed by atoms with E-state index in [0.29, 0.717) is 27.7 Å². The Morgan fingerprint density at radius 3 is 2.47 bits per heavy atom. The quantitative estimate of drug-likeness (QED) is 0.284. The van der Waals surface area contributed by atoms with E-state index in [9.17, 15) is 13.6 Å². The molecule has 4 N–H and O–H groups in total. The Kier molecular flexibility index (Phi) is 8.36. The monoisotopic (exact) mass is 462 g/mol. The molecule has 0 saturated carbocycles. The molecule has 1 aromatic carbocycles. The molecule has 0 bridgehead atoms. The minimum absolute atomic E-state index is 0.0158. The van der Waals surface area contributed by atoms with E-state index in [-0.39, 0.29) is 17.9 Å². The molecule has 10 heteroatoms. The van der Waals surface area contributed by atoms with Crippen molar-refractivity contribution >= 4 is 34.7 Å². The number of hydrogen-bond acceptors (Lipinski definition) is 6. The minimum Gasteiger partial charge on any atom is -0.494 e. The fourth-order valence-electron chi connectivity index (χ4n) is 2.59. The number of thiophene rings is 1. The van der Waals surface area contributed by atoms with Crippen LogP contribution in [0.1, 0.15) is 39.5 Å². The van der Waals surface area contributed by atoms with Crippen molar-refractivity contribution in [1.82, 2.24) is 0 Å². The molecule has 0 radical (unpaired) electrons. The molecule has 0 aliphatic heterocycles. The first-order valence-electron chi connectivity index (χ1n) is 9.69. The zero-order valence-electron chi connectivity index (χ0n) is 17.9. The molecule has 0 atom stereocenters. The predicted octanol–water partition coefficient (Wildman–Crippen LogP) is 4.68. The number of esters is 1. The molecule has 2 aromatic rings. The van der Waals surface area contributed by atoms with Gasteiger partial charge in [0.1, 0.15) is 16.5 Å². The summed E-state index contributed by atoms with van der Waals surface area (Å²) in [4.78, 5) is 16.0. The first-order chi connectivity index (χ1) is 15.1. The number of alkyl halides is 2. The van der Waals surface area contributed by atoms with Crippen LogP contribution in [0, 0.1) is 17.7 Å². The van der Waals surface area contributed by atoms with Crippen LogP contribution in [0.4, 0.5) is 8.78 Å². The van der Waals surface area contributed by atoms with Gasteiger partial charge in [-0.15, -0.1) is 11.3 Å². The molecule has 0 amide bonds. The van der Waals surface area contributed by atoms with E-state index in [1.165, 1.54) is 30.3 Å². The summed E-state index contributed by atoms with van der Waals surface area (Å²) in [6.07, 6.45) is 2.30. The van der Waals surface area contributed by atoms with Gasteiger partial charge in [0.25, 0.3) is 0 Å². The van der Waals surface area contributed by atoms with E-state index in [1.54, 1.807) is 26.8 Å². The topological polar surface area (TPSA) is 122 Å². The molecule has 0 aliphatic carbocycles. The third kappa shape index (κ3) is 6.07. The Balaban J connectivity index is 2.11. The largest absolute Gasteiger partial charge is 0.494 e. The molecular weight excluding hydrogens is 438 g/mol. The van der Waals surface area contributed by atoms with Gasteiger partial charge in [-0.1, -0.05) is 0 Å². The Morgan fingerprint density at radius 1 is 1.16 bits per heavy atom. The Hall–Kier alpha value is -3.40. The highest BCUT2D eigenvalue weighted by atomic mass is 32.1. The standard InChI is InChI=1S/C22H24F2N4O3S/c1-4-30-16-8-6-14(12-13(16)3)22(23,24)21(27)28-19(26)11-7-15(25)17-9-10-18(32-17)20(29)31-5-2/h6-12,25H,4-5H2,1-3H3,(H3,26,27,28)/b11-7-,25-15?. The second kappa shape index (κ2) is 10.8. The summed E-state index contributed by atoms with van der Waals surface area (Å²) >= 11 is 1.05. The van der Waals surface area contributed by atoms with Crippen molar-refractivity contribution in [3.05, 3.63) is 63.4 Å². The average Bonchev–Trinajstić information content (AvgIpc) is 3.24. The lowest BCUT2D eigenvalue weighted by atomic mass is 10.0. The van der Waals surface area contributed by atoms with Gasteiger partial charge in [-0.2, -0.15) is 8.78 Å². The van der Waals surface area contributed by atoms with Crippen LogP contribution < -0.4 is 10.5 Å². The number of ether oxygens (including phenoxy) is 2. The normalized spacial score (nSPS) is 12.1. The summed E-state index contributed by atoms with van der Waals surface area (Å²) in [5.74, 6) is -5.17. The Bertz CT molecular complexity index is 1080. The van der Waals surface area contributed by atoms with Crippen LogP contribution in [0.3, 0.4) is 0 Å². The maximum Gasteiger partial charge on any atom is 0.348 e. The molecule has 1 heterocycles. The smallest absolute Gasteiger partial charge is 0.348 e. The maximum absolute atomic E-state index is 14.7. The van der Waals surface area contributed by atoms with Gasteiger partial charge in [-0.3, -0.25) is 10.8 Å². The van der Waals surface area contributed by atoms with Crippen LogP contribution >= 0.6 is 11.3 Å². The molecule has 1 aromatic heterocycles. The molecule has 7 nitrogen and oxygen atoms in total. The predicted molar refractivity (Wildman–Crippen MR) is 122 cm³/mol. The second-order valence-electron chi connectivity index (χ2n) is 6.50. The number of allylic oxidation sites excluding steroid dienone is 1. The first-order valence-corrected chi connectivity index (χ1v) is 10.5. The zero-order valence-corrected chi connectivity index (χ0v) is 18.7. The van der Waals surface area contributed by atoms with Crippen LogP contribution in [-0.2, 0) is 10.7 Å². The summed E-state index contributed by atoms with van der Waals surface area (Å²) in [6.45, 7) is 5.78. The van der Waals surface area contributed by atoms with Gasteiger partial charge in [-0.05, 0) is 68.8 Å². The van der Waals surface area contributed by atoms with Crippen LogP contribution in [-0.4, -0.2) is 36.6 Å². The van der Waals surface area contributed by atoms with Crippen molar-refractivity contribution in [2.45, 2.75) is 26.7 Å². The number of benzene rings is 1. The van der Waals surface area contributed by atoms with E-state index >= 15 is 0 Å². The highest BCUT2D eigenvalue weighted by Gasteiger charge is 2.37. The average molecular weight is 463 g/mol. The number of halogens is 2. The zero-order chi connectivity index (χ0) is 23.9. The summed E-state index contributed by atoms with van der Waals surface area (Å²) in [5, 5.41) is 15.8. The Morgan fingerprint density at radius 2 is 1.84 bits per heavy atom. The highest BCUT2D eigenvalue weighted by Crippen LogP contribution is 2.31. The molecule has 0 saturated heterocycles. The van der Waals surface area contributed by atoms with Crippen molar-refractivity contribution in [1.29, 1.82) is 10.8 Å². The second-order valence-corrected chi connectivity index (χ2v) is 7.59. The molecule has 0 unspecified atom stereocenters. The number of aryl methyl sites for hydroxylation is 1. The molecular formula is C22H24F2N4O3S. The van der Waals surface area contributed by atoms with Crippen molar-refractivity contribution in [3.63, 3.8) is 0 Å². The fourth-order valence-corrected chi connectivity index (χ4v) is 3.42. The lowest BCUT2D eigenvalue weighted by molar-refractivity contribution is 0.0532. The fraction of sp³-hybridized carbons (Fsp3) is 0.273. The maximum atomic E-state index is 14.7. The van der Waals surface area contributed by atoms with E-state index < -0.39 is 23.6 Å². The van der Waals surface area contributed by atoms with Gasteiger partial charge in [0.2, 0.25) is 0 Å². The molecule has 0 fully saturated rings. The summed E-state index contributed by atoms with van der Waals surface area (Å²) in [5.41, 5.74) is 5.65. The van der Waals surface area contributed by atoms with E-state index in [4.69, 9.17) is 26.0 Å². The number of hydrogen-bond donors (Lipinski definition) is 3. The van der Waals surface area contributed by atoms with Crippen LogP contribution in [0.5, 0.6) is 5.75 Å².